The molecule has 3 aliphatic rings. The van der Waals surface area contributed by atoms with Crippen LogP contribution in [0.4, 0.5) is 5.69 Å². The Bertz CT molecular complexity index is 583. The predicted octanol–water partition coefficient (Wildman–Crippen LogP) is 3.45. The fourth-order valence-electron chi connectivity index (χ4n) is 4.82. The lowest BCUT2D eigenvalue weighted by atomic mass is 9.94. The number of rotatable bonds is 3. The van der Waals surface area contributed by atoms with Gasteiger partial charge < -0.3 is 9.80 Å². The first-order chi connectivity index (χ1) is 11.3. The first kappa shape index (κ1) is 15.0. The highest BCUT2D eigenvalue weighted by Crippen LogP contribution is 2.33. The van der Waals surface area contributed by atoms with Gasteiger partial charge in [-0.1, -0.05) is 18.2 Å². The summed E-state index contributed by atoms with van der Waals surface area (Å²) in [5, 5.41) is 9.09. The molecule has 122 valence electrons. The molecule has 3 heteroatoms. The minimum absolute atomic E-state index is 0.318. The summed E-state index contributed by atoms with van der Waals surface area (Å²) in [4.78, 5) is 5.28. The predicted molar refractivity (Wildman–Crippen MR) is 93.4 cm³/mol. The molecule has 1 aliphatic carbocycles. The summed E-state index contributed by atoms with van der Waals surface area (Å²) in [7, 11) is 0. The quantitative estimate of drug-likeness (QED) is 0.856. The third-order valence-corrected chi connectivity index (χ3v) is 6.21. The molecule has 23 heavy (non-hydrogen) atoms. The summed E-state index contributed by atoms with van der Waals surface area (Å²) >= 11 is 0. The van der Waals surface area contributed by atoms with Crippen LogP contribution in [0.15, 0.2) is 24.3 Å². The van der Waals surface area contributed by atoms with Gasteiger partial charge in [0.05, 0.1) is 6.07 Å². The van der Waals surface area contributed by atoms with Crippen molar-refractivity contribution in [3.8, 4) is 6.07 Å². The van der Waals surface area contributed by atoms with Crippen molar-refractivity contribution in [1.82, 2.24) is 4.90 Å². The lowest BCUT2D eigenvalue weighted by molar-refractivity contribution is 0.134. The number of anilines is 1. The van der Waals surface area contributed by atoms with Gasteiger partial charge in [-0.2, -0.15) is 5.26 Å². The maximum Gasteiger partial charge on any atom is 0.0656 e. The van der Waals surface area contributed by atoms with Gasteiger partial charge >= 0.3 is 0 Å². The SMILES string of the molecule is N#CC1CCC(N2CCC(CN3CCc4ccccc43)CC2)C1. The summed E-state index contributed by atoms with van der Waals surface area (Å²) in [5.41, 5.74) is 3.00. The zero-order valence-corrected chi connectivity index (χ0v) is 14.0. The largest absolute Gasteiger partial charge is 0.371 e. The van der Waals surface area contributed by atoms with Crippen LogP contribution in [0, 0.1) is 23.2 Å². The van der Waals surface area contributed by atoms with Gasteiger partial charge in [-0.05, 0) is 69.2 Å². The standard InChI is InChI=1S/C20H27N3/c21-14-17-5-6-19(13-17)22-10-7-16(8-11-22)15-23-12-9-18-3-1-2-4-20(18)23/h1-4,16-17,19H,5-13,15H2. The molecule has 1 aromatic rings. The van der Waals surface area contributed by atoms with Crippen molar-refractivity contribution >= 4 is 5.69 Å². The van der Waals surface area contributed by atoms with E-state index in [9.17, 15) is 0 Å². The van der Waals surface area contributed by atoms with Gasteiger partial charge in [0, 0.05) is 30.7 Å². The number of hydrogen-bond donors (Lipinski definition) is 0. The molecule has 4 rings (SSSR count). The maximum atomic E-state index is 9.09. The minimum Gasteiger partial charge on any atom is -0.371 e. The third-order valence-electron chi connectivity index (χ3n) is 6.21. The van der Waals surface area contributed by atoms with Gasteiger partial charge in [0.1, 0.15) is 0 Å². The van der Waals surface area contributed by atoms with E-state index in [0.717, 1.165) is 18.8 Å². The van der Waals surface area contributed by atoms with Crippen molar-refractivity contribution in [2.75, 3.05) is 31.1 Å². The third kappa shape index (κ3) is 3.10. The Morgan fingerprint density at radius 1 is 1.04 bits per heavy atom. The first-order valence-corrected chi connectivity index (χ1v) is 9.30. The number of likely N-dealkylation sites (tertiary alicyclic amines) is 1. The number of hydrogen-bond acceptors (Lipinski definition) is 3. The summed E-state index contributed by atoms with van der Waals surface area (Å²) in [6.45, 7) is 4.91. The average molecular weight is 309 g/mol. The van der Waals surface area contributed by atoms with Crippen LogP contribution in [0.25, 0.3) is 0 Å². The lowest BCUT2D eigenvalue weighted by Crippen LogP contribution is -2.42. The fourth-order valence-corrected chi connectivity index (χ4v) is 4.82. The van der Waals surface area contributed by atoms with E-state index in [1.54, 1.807) is 0 Å². The van der Waals surface area contributed by atoms with E-state index in [-0.39, 0.29) is 0 Å². The van der Waals surface area contributed by atoms with E-state index in [4.69, 9.17) is 5.26 Å². The van der Waals surface area contributed by atoms with Crippen molar-refractivity contribution < 1.29 is 0 Å². The Labute approximate surface area is 139 Å². The highest BCUT2D eigenvalue weighted by atomic mass is 15.2. The first-order valence-electron chi connectivity index (χ1n) is 9.30. The van der Waals surface area contributed by atoms with Crippen molar-refractivity contribution in [1.29, 1.82) is 5.26 Å². The van der Waals surface area contributed by atoms with Gasteiger partial charge in [-0.3, -0.25) is 0 Å². The highest BCUT2D eigenvalue weighted by molar-refractivity contribution is 5.57. The van der Waals surface area contributed by atoms with E-state index in [2.05, 4.69) is 40.1 Å². The number of benzene rings is 1. The summed E-state index contributed by atoms with van der Waals surface area (Å²) < 4.78 is 0. The molecule has 0 radical (unpaired) electrons. The summed E-state index contributed by atoms with van der Waals surface area (Å²) in [6, 6.07) is 12.1. The highest BCUT2D eigenvalue weighted by Gasteiger charge is 2.32. The molecule has 0 amide bonds. The van der Waals surface area contributed by atoms with Crippen LogP contribution in [0.1, 0.15) is 37.7 Å². The second kappa shape index (κ2) is 6.53. The van der Waals surface area contributed by atoms with E-state index in [1.807, 2.05) is 0 Å². The van der Waals surface area contributed by atoms with Gasteiger partial charge in [-0.15, -0.1) is 0 Å². The van der Waals surface area contributed by atoms with E-state index in [1.165, 1.54) is 63.1 Å². The summed E-state index contributed by atoms with van der Waals surface area (Å²) in [6.07, 6.45) is 7.33. The van der Waals surface area contributed by atoms with Crippen LogP contribution in [-0.2, 0) is 6.42 Å². The molecule has 3 nitrogen and oxygen atoms in total. The smallest absolute Gasteiger partial charge is 0.0656 e. The van der Waals surface area contributed by atoms with Gasteiger partial charge in [0.15, 0.2) is 0 Å². The Hall–Kier alpha value is -1.53. The lowest BCUT2D eigenvalue weighted by Gasteiger charge is -2.37. The molecule has 2 aliphatic heterocycles. The van der Waals surface area contributed by atoms with Crippen LogP contribution >= 0.6 is 0 Å². The number of nitriles is 1. The molecule has 1 saturated heterocycles. The number of nitrogens with zero attached hydrogens (tertiary/aromatic N) is 3. The molecule has 2 atom stereocenters. The zero-order chi connectivity index (χ0) is 15.6. The molecule has 0 spiro atoms. The molecule has 2 heterocycles. The fraction of sp³-hybridized carbons (Fsp3) is 0.650. The Morgan fingerprint density at radius 2 is 1.87 bits per heavy atom. The molecule has 0 aromatic heterocycles. The van der Waals surface area contributed by atoms with Gasteiger partial charge in [0.25, 0.3) is 0 Å². The topological polar surface area (TPSA) is 30.3 Å². The van der Waals surface area contributed by atoms with Gasteiger partial charge in [-0.25, -0.2) is 0 Å². The second-order valence-corrected chi connectivity index (χ2v) is 7.60. The van der Waals surface area contributed by atoms with Crippen molar-refractivity contribution in [3.63, 3.8) is 0 Å². The van der Waals surface area contributed by atoms with Crippen molar-refractivity contribution in [3.05, 3.63) is 29.8 Å². The van der Waals surface area contributed by atoms with Crippen molar-refractivity contribution in [2.45, 2.75) is 44.6 Å². The van der Waals surface area contributed by atoms with Crippen LogP contribution in [0.3, 0.4) is 0 Å². The molecule has 2 fully saturated rings. The monoisotopic (exact) mass is 309 g/mol. The average Bonchev–Trinajstić information content (AvgIpc) is 3.23. The second-order valence-electron chi connectivity index (χ2n) is 7.60. The molecule has 1 aromatic carbocycles. The number of piperidine rings is 1. The van der Waals surface area contributed by atoms with E-state index >= 15 is 0 Å². The molecule has 1 saturated carbocycles. The molecule has 0 bridgehead atoms. The minimum atomic E-state index is 0.318. The van der Waals surface area contributed by atoms with Crippen molar-refractivity contribution in [2.24, 2.45) is 11.8 Å². The molecular formula is C20H27N3. The van der Waals surface area contributed by atoms with E-state index in [0.29, 0.717) is 12.0 Å². The maximum absolute atomic E-state index is 9.09. The molecule has 2 unspecified atom stereocenters. The van der Waals surface area contributed by atoms with Crippen LogP contribution in [-0.4, -0.2) is 37.1 Å². The Balaban J connectivity index is 1.29. The zero-order valence-electron chi connectivity index (χ0n) is 14.0. The molecule has 0 N–H and O–H groups in total. The van der Waals surface area contributed by atoms with Gasteiger partial charge in [0.2, 0.25) is 0 Å². The molecular weight excluding hydrogens is 282 g/mol. The number of para-hydroxylation sites is 1. The van der Waals surface area contributed by atoms with Crippen LogP contribution in [0.5, 0.6) is 0 Å². The number of fused-ring (bicyclic) bond motifs is 1. The van der Waals surface area contributed by atoms with E-state index < -0.39 is 0 Å². The Morgan fingerprint density at radius 3 is 2.65 bits per heavy atom. The summed E-state index contributed by atoms with van der Waals surface area (Å²) in [5.74, 6) is 1.16. The van der Waals surface area contributed by atoms with Crippen LogP contribution in [0.2, 0.25) is 0 Å². The van der Waals surface area contributed by atoms with Crippen LogP contribution < -0.4 is 4.90 Å². The normalized spacial score (nSPS) is 28.7. The Kier molecular flexibility index (Phi) is 4.27.